The molecule has 1 saturated carbocycles. The van der Waals surface area contributed by atoms with Gasteiger partial charge in [0.05, 0.1) is 16.6 Å². The molecule has 1 aromatic heterocycles. The molecule has 3 aromatic rings. The summed E-state index contributed by atoms with van der Waals surface area (Å²) >= 11 is 0. The zero-order valence-corrected chi connectivity index (χ0v) is 25.5. The quantitative estimate of drug-likeness (QED) is 0.285. The zero-order chi connectivity index (χ0) is 31.3. The molecule has 1 aliphatic carbocycles. The molecular weight excluding hydrogens is 547 g/mol. The maximum absolute atomic E-state index is 15.5. The number of ether oxygens (including phenoxy) is 2. The average Bonchev–Trinajstić information content (AvgIpc) is 3.56. The molecule has 7 nitrogen and oxygen atoms in total. The fraction of sp³-hybridized carbons (Fsp3) is 0.500. The summed E-state index contributed by atoms with van der Waals surface area (Å²) in [6, 6.07) is 9.79. The molecule has 0 saturated heterocycles. The van der Waals surface area contributed by atoms with E-state index < -0.39 is 34.9 Å². The minimum atomic E-state index is -3.37. The van der Waals surface area contributed by atoms with Crippen molar-refractivity contribution in [3.63, 3.8) is 0 Å². The van der Waals surface area contributed by atoms with Crippen LogP contribution in [0.2, 0.25) is 0 Å². The van der Waals surface area contributed by atoms with E-state index in [0.717, 1.165) is 11.1 Å². The summed E-state index contributed by atoms with van der Waals surface area (Å²) in [5.74, 6) is -1.01. The average molecular weight is 588 g/mol. The van der Waals surface area contributed by atoms with E-state index in [-0.39, 0.29) is 23.4 Å². The van der Waals surface area contributed by atoms with Gasteiger partial charge in [-0.15, -0.1) is 0 Å². The number of alkyl halides is 2. The molecule has 228 valence electrons. The van der Waals surface area contributed by atoms with Gasteiger partial charge in [0, 0.05) is 42.6 Å². The number of anilines is 1. The molecule has 1 heterocycles. The Balaban J connectivity index is 1.59. The van der Waals surface area contributed by atoms with E-state index in [0.29, 0.717) is 43.0 Å². The van der Waals surface area contributed by atoms with Crippen LogP contribution < -0.4 is 15.4 Å². The molecule has 42 heavy (non-hydrogen) atoms. The SMILES string of the molecule is Cc1ccc(C2(C(=O)Nc3cc4cc(C(C)(C)C)n(CCNC(=O)OC(C)(C)C)c4cc3F)CC2)cc1OC(C)(F)F. The topological polar surface area (TPSA) is 81.6 Å². The molecule has 0 radical (unpaired) electrons. The van der Waals surface area contributed by atoms with Crippen molar-refractivity contribution in [1.82, 2.24) is 9.88 Å². The largest absolute Gasteiger partial charge is 0.444 e. The third-order valence-electron chi connectivity index (χ3n) is 7.22. The van der Waals surface area contributed by atoms with Crippen LogP contribution in [0.25, 0.3) is 10.9 Å². The molecule has 0 bridgehead atoms. The van der Waals surface area contributed by atoms with E-state index >= 15 is 4.39 Å². The van der Waals surface area contributed by atoms with E-state index in [1.807, 2.05) is 31.4 Å². The zero-order valence-electron chi connectivity index (χ0n) is 25.5. The van der Waals surface area contributed by atoms with Gasteiger partial charge in [-0.2, -0.15) is 8.78 Å². The van der Waals surface area contributed by atoms with Crippen molar-refractivity contribution < 1.29 is 32.2 Å². The number of alkyl carbamates (subject to hydrolysis) is 1. The van der Waals surface area contributed by atoms with Crippen molar-refractivity contribution >= 4 is 28.6 Å². The number of aryl methyl sites for hydroxylation is 1. The predicted molar refractivity (Wildman–Crippen MR) is 157 cm³/mol. The number of carbonyl (C=O) groups is 2. The third kappa shape index (κ3) is 7.02. The first-order valence-electron chi connectivity index (χ1n) is 14.1. The van der Waals surface area contributed by atoms with Gasteiger partial charge in [0.25, 0.3) is 0 Å². The molecule has 0 aliphatic heterocycles. The molecule has 2 amide bonds. The molecule has 2 aromatic carbocycles. The third-order valence-corrected chi connectivity index (χ3v) is 7.22. The van der Waals surface area contributed by atoms with E-state index in [4.69, 9.17) is 9.47 Å². The van der Waals surface area contributed by atoms with Crippen molar-refractivity contribution in [3.05, 3.63) is 59.0 Å². The first kappa shape index (κ1) is 31.3. The number of nitrogens with one attached hydrogen (secondary N) is 2. The van der Waals surface area contributed by atoms with Crippen LogP contribution in [0.4, 0.5) is 23.7 Å². The Morgan fingerprint density at radius 3 is 2.24 bits per heavy atom. The normalized spacial score (nSPS) is 14.9. The minimum Gasteiger partial charge on any atom is -0.444 e. The lowest BCUT2D eigenvalue weighted by molar-refractivity contribution is -0.159. The molecule has 2 N–H and O–H groups in total. The van der Waals surface area contributed by atoms with Crippen LogP contribution in [0, 0.1) is 12.7 Å². The molecule has 0 unspecified atom stereocenters. The summed E-state index contributed by atoms with van der Waals surface area (Å²) in [4.78, 5) is 25.6. The Hall–Kier alpha value is -3.69. The van der Waals surface area contributed by atoms with Crippen molar-refractivity contribution in [1.29, 1.82) is 0 Å². The van der Waals surface area contributed by atoms with E-state index in [1.165, 1.54) is 12.1 Å². The van der Waals surface area contributed by atoms with Crippen LogP contribution in [0.5, 0.6) is 5.75 Å². The lowest BCUT2D eigenvalue weighted by atomic mass is 9.92. The van der Waals surface area contributed by atoms with Gasteiger partial charge in [-0.25, -0.2) is 9.18 Å². The van der Waals surface area contributed by atoms with Gasteiger partial charge < -0.3 is 24.7 Å². The molecular formula is C32H40F3N3O4. The highest BCUT2D eigenvalue weighted by molar-refractivity contribution is 6.02. The molecule has 1 fully saturated rings. The van der Waals surface area contributed by atoms with Gasteiger partial charge >= 0.3 is 12.2 Å². The van der Waals surface area contributed by atoms with Gasteiger partial charge in [-0.1, -0.05) is 32.9 Å². The van der Waals surface area contributed by atoms with Gasteiger partial charge in [0.2, 0.25) is 5.91 Å². The smallest absolute Gasteiger partial charge is 0.407 e. The molecule has 1 aliphatic rings. The van der Waals surface area contributed by atoms with Crippen LogP contribution in [-0.4, -0.2) is 34.8 Å². The number of benzene rings is 2. The number of rotatable bonds is 8. The van der Waals surface area contributed by atoms with Crippen LogP contribution >= 0.6 is 0 Å². The van der Waals surface area contributed by atoms with Crippen LogP contribution in [0.15, 0.2) is 36.4 Å². The van der Waals surface area contributed by atoms with Crippen molar-refractivity contribution in [2.24, 2.45) is 0 Å². The van der Waals surface area contributed by atoms with E-state index in [1.54, 1.807) is 45.9 Å². The monoisotopic (exact) mass is 587 g/mol. The molecule has 10 heteroatoms. The van der Waals surface area contributed by atoms with E-state index in [2.05, 4.69) is 10.6 Å². The number of hydrogen-bond donors (Lipinski definition) is 2. The number of carbonyl (C=O) groups excluding carboxylic acids is 2. The Kier molecular flexibility index (Phi) is 8.08. The van der Waals surface area contributed by atoms with Crippen molar-refractivity contribution in [2.45, 2.75) is 97.3 Å². The van der Waals surface area contributed by atoms with Crippen LogP contribution in [0.1, 0.15) is 78.1 Å². The Labute approximate surface area is 244 Å². The first-order chi connectivity index (χ1) is 19.3. The summed E-state index contributed by atoms with van der Waals surface area (Å²) < 4.78 is 54.7. The van der Waals surface area contributed by atoms with Crippen molar-refractivity contribution in [2.75, 3.05) is 11.9 Å². The Morgan fingerprint density at radius 2 is 1.67 bits per heavy atom. The first-order valence-corrected chi connectivity index (χ1v) is 14.1. The number of fused-ring (bicyclic) bond motifs is 1. The lowest BCUT2D eigenvalue weighted by Gasteiger charge is -2.23. The lowest BCUT2D eigenvalue weighted by Crippen LogP contribution is -2.34. The van der Waals surface area contributed by atoms with Crippen LogP contribution in [-0.2, 0) is 26.9 Å². The second-order valence-corrected chi connectivity index (χ2v) is 13.2. The second kappa shape index (κ2) is 10.9. The fourth-order valence-electron chi connectivity index (χ4n) is 5.04. The number of nitrogens with zero attached hydrogens (tertiary/aromatic N) is 1. The second-order valence-electron chi connectivity index (χ2n) is 13.2. The van der Waals surface area contributed by atoms with Crippen LogP contribution in [0.3, 0.4) is 0 Å². The predicted octanol–water partition coefficient (Wildman–Crippen LogP) is 7.57. The molecule has 0 spiro atoms. The number of hydrogen-bond acceptors (Lipinski definition) is 4. The van der Waals surface area contributed by atoms with Gasteiger partial charge in [-0.3, -0.25) is 4.79 Å². The van der Waals surface area contributed by atoms with E-state index in [9.17, 15) is 18.4 Å². The Morgan fingerprint density at radius 1 is 1.00 bits per heavy atom. The number of amides is 2. The van der Waals surface area contributed by atoms with Crippen molar-refractivity contribution in [3.8, 4) is 5.75 Å². The molecule has 0 atom stereocenters. The number of halogens is 3. The fourth-order valence-corrected chi connectivity index (χ4v) is 5.04. The Bertz CT molecular complexity index is 1510. The highest BCUT2D eigenvalue weighted by Gasteiger charge is 2.51. The van der Waals surface area contributed by atoms with Gasteiger partial charge in [0.1, 0.15) is 17.2 Å². The summed E-state index contributed by atoms with van der Waals surface area (Å²) in [6.07, 6.45) is -2.89. The highest BCUT2D eigenvalue weighted by Crippen LogP contribution is 2.50. The summed E-state index contributed by atoms with van der Waals surface area (Å²) in [6.45, 7) is 14.5. The molecule has 4 rings (SSSR count). The summed E-state index contributed by atoms with van der Waals surface area (Å²) in [5.41, 5.74) is 0.803. The van der Waals surface area contributed by atoms with Gasteiger partial charge in [-0.05, 0) is 69.9 Å². The summed E-state index contributed by atoms with van der Waals surface area (Å²) in [5, 5.41) is 6.23. The minimum absolute atomic E-state index is 0.00360. The summed E-state index contributed by atoms with van der Waals surface area (Å²) in [7, 11) is 0. The highest BCUT2D eigenvalue weighted by atomic mass is 19.3. The van der Waals surface area contributed by atoms with Gasteiger partial charge in [0.15, 0.2) is 0 Å². The number of aromatic nitrogens is 1. The maximum Gasteiger partial charge on any atom is 0.407 e. The maximum atomic E-state index is 15.5. The standard InChI is InChI=1S/C32H40F3N3O4/c1-19-9-10-21(17-25(19)41-31(8,34)35)32(11-12-32)27(39)37-23-15-20-16-26(29(2,3)4)38(24(20)18-22(23)33)14-13-36-28(40)42-30(5,6)7/h9-10,15-18H,11-14H2,1-8H3,(H,36,40)(H,37,39).